The molecule has 102 valence electrons. The maximum absolute atomic E-state index is 6.00. The molecule has 3 saturated heterocycles. The summed E-state index contributed by atoms with van der Waals surface area (Å²) in [6, 6.07) is 9.92. The Kier molecular flexibility index (Phi) is 2.82. The van der Waals surface area contributed by atoms with Gasteiger partial charge in [-0.1, -0.05) is 30.3 Å². The highest BCUT2D eigenvalue weighted by atomic mass is 16.8. The summed E-state index contributed by atoms with van der Waals surface area (Å²) < 4.78 is 28.4. The van der Waals surface area contributed by atoms with Crippen LogP contribution in [0.2, 0.25) is 0 Å². The van der Waals surface area contributed by atoms with Crippen LogP contribution in [0.5, 0.6) is 0 Å². The van der Waals surface area contributed by atoms with E-state index < -0.39 is 0 Å². The Morgan fingerprint density at radius 3 is 2.63 bits per heavy atom. The lowest BCUT2D eigenvalue weighted by molar-refractivity contribution is -0.304. The molecule has 0 N–H and O–H groups in total. The van der Waals surface area contributed by atoms with Gasteiger partial charge in [0.05, 0.1) is 6.61 Å². The standard InChI is InChI=1S/C14H16O5/c1-15-14-12-11(18-12)10-9(17-14)7-16-13(19-10)8-5-3-2-4-6-8/h2-6,9-14H,7H2,1H3/t9-,10+,11-,12-,13?,14+/m1/s1. The van der Waals surface area contributed by atoms with Gasteiger partial charge in [0.15, 0.2) is 12.6 Å². The number of benzene rings is 1. The van der Waals surface area contributed by atoms with Crippen LogP contribution in [0.1, 0.15) is 11.9 Å². The summed E-state index contributed by atoms with van der Waals surface area (Å²) in [7, 11) is 1.63. The van der Waals surface area contributed by atoms with Crippen molar-refractivity contribution in [1.29, 1.82) is 0 Å². The van der Waals surface area contributed by atoms with Crippen molar-refractivity contribution in [3.05, 3.63) is 35.9 Å². The molecule has 5 heteroatoms. The van der Waals surface area contributed by atoms with E-state index in [4.69, 9.17) is 23.7 Å². The monoisotopic (exact) mass is 264 g/mol. The van der Waals surface area contributed by atoms with Crippen LogP contribution >= 0.6 is 0 Å². The zero-order valence-corrected chi connectivity index (χ0v) is 10.6. The van der Waals surface area contributed by atoms with Crippen LogP contribution in [0, 0.1) is 0 Å². The Hall–Kier alpha value is -0.980. The summed E-state index contributed by atoms with van der Waals surface area (Å²) in [6.45, 7) is 0.497. The van der Waals surface area contributed by atoms with Gasteiger partial charge in [-0.05, 0) is 0 Å². The Balaban J connectivity index is 1.50. The molecule has 0 amide bonds. The Morgan fingerprint density at radius 2 is 1.84 bits per heavy atom. The molecule has 3 heterocycles. The van der Waals surface area contributed by atoms with Gasteiger partial charge in [-0.25, -0.2) is 0 Å². The Labute approximate surface area is 111 Å². The van der Waals surface area contributed by atoms with Gasteiger partial charge in [-0.2, -0.15) is 0 Å². The number of hydrogen-bond donors (Lipinski definition) is 0. The molecule has 19 heavy (non-hydrogen) atoms. The molecular formula is C14H16O5. The summed E-state index contributed by atoms with van der Waals surface area (Å²) in [5.41, 5.74) is 1.02. The average molecular weight is 264 g/mol. The van der Waals surface area contributed by atoms with E-state index in [2.05, 4.69) is 0 Å². The molecule has 1 unspecified atom stereocenters. The molecule has 0 spiro atoms. The number of rotatable bonds is 2. The third kappa shape index (κ3) is 1.98. The maximum Gasteiger partial charge on any atom is 0.186 e. The molecule has 1 aromatic rings. The molecule has 0 saturated carbocycles. The van der Waals surface area contributed by atoms with Gasteiger partial charge < -0.3 is 23.7 Å². The van der Waals surface area contributed by atoms with Crippen molar-refractivity contribution in [2.45, 2.75) is 37.0 Å². The van der Waals surface area contributed by atoms with Gasteiger partial charge in [0.25, 0.3) is 0 Å². The quantitative estimate of drug-likeness (QED) is 0.752. The predicted octanol–water partition coefficient (Wildman–Crippen LogP) is 1.24. The lowest BCUT2D eigenvalue weighted by atomic mass is 10.0. The number of hydrogen-bond acceptors (Lipinski definition) is 5. The first-order chi connectivity index (χ1) is 9.36. The molecule has 3 aliphatic rings. The van der Waals surface area contributed by atoms with Gasteiger partial charge in [-0.3, -0.25) is 0 Å². The van der Waals surface area contributed by atoms with Gasteiger partial charge in [-0.15, -0.1) is 0 Å². The van der Waals surface area contributed by atoms with Crippen molar-refractivity contribution in [3.63, 3.8) is 0 Å². The highest BCUT2D eigenvalue weighted by Gasteiger charge is 2.60. The van der Waals surface area contributed by atoms with Crippen LogP contribution in [0.25, 0.3) is 0 Å². The molecule has 0 aromatic heterocycles. The fourth-order valence-electron chi connectivity index (χ4n) is 2.80. The second-order valence-corrected chi connectivity index (χ2v) is 5.02. The first-order valence-corrected chi connectivity index (χ1v) is 6.52. The van der Waals surface area contributed by atoms with Gasteiger partial charge >= 0.3 is 0 Å². The van der Waals surface area contributed by atoms with Crippen molar-refractivity contribution >= 4 is 0 Å². The fourth-order valence-corrected chi connectivity index (χ4v) is 2.80. The van der Waals surface area contributed by atoms with Gasteiger partial charge in [0, 0.05) is 12.7 Å². The predicted molar refractivity (Wildman–Crippen MR) is 64.3 cm³/mol. The fraction of sp³-hybridized carbons (Fsp3) is 0.571. The molecule has 6 atom stereocenters. The molecule has 3 aliphatic heterocycles. The highest BCUT2D eigenvalue weighted by molar-refractivity contribution is 5.17. The van der Waals surface area contributed by atoms with E-state index in [0.717, 1.165) is 5.56 Å². The van der Waals surface area contributed by atoms with E-state index in [0.29, 0.717) is 6.61 Å². The van der Waals surface area contributed by atoms with Crippen LogP contribution in [0.4, 0.5) is 0 Å². The molecule has 5 nitrogen and oxygen atoms in total. The lowest BCUT2D eigenvalue weighted by Crippen LogP contribution is -2.52. The van der Waals surface area contributed by atoms with Crippen LogP contribution in [0.15, 0.2) is 30.3 Å². The smallest absolute Gasteiger partial charge is 0.186 e. The number of ether oxygens (including phenoxy) is 5. The van der Waals surface area contributed by atoms with Crippen LogP contribution in [0.3, 0.4) is 0 Å². The normalized spacial score (nSPS) is 44.3. The second-order valence-electron chi connectivity index (χ2n) is 5.02. The van der Waals surface area contributed by atoms with E-state index in [1.54, 1.807) is 7.11 Å². The second kappa shape index (κ2) is 4.54. The maximum atomic E-state index is 6.00. The summed E-state index contributed by atoms with van der Waals surface area (Å²) >= 11 is 0. The molecule has 1 aromatic carbocycles. The number of fused-ring (bicyclic) bond motifs is 3. The Morgan fingerprint density at radius 1 is 1.00 bits per heavy atom. The van der Waals surface area contributed by atoms with E-state index in [1.807, 2.05) is 30.3 Å². The first kappa shape index (κ1) is 11.8. The SMILES string of the molecule is CO[C@H]1O[C@@H]2COC(c3ccccc3)O[C@@H]2[C@H]2O[C@@H]12. The number of epoxide rings is 1. The zero-order valence-electron chi connectivity index (χ0n) is 10.6. The first-order valence-electron chi connectivity index (χ1n) is 6.52. The minimum atomic E-state index is -0.338. The van der Waals surface area contributed by atoms with Gasteiger partial charge in [0.2, 0.25) is 0 Å². The van der Waals surface area contributed by atoms with Crippen LogP contribution in [-0.4, -0.2) is 44.4 Å². The molecular weight excluding hydrogens is 248 g/mol. The van der Waals surface area contributed by atoms with E-state index in [1.165, 1.54) is 0 Å². The minimum absolute atomic E-state index is 0.000716. The molecule has 3 fully saturated rings. The largest absolute Gasteiger partial charge is 0.361 e. The van der Waals surface area contributed by atoms with Crippen LogP contribution < -0.4 is 0 Å². The Bertz CT molecular complexity index is 450. The summed E-state index contributed by atoms with van der Waals surface area (Å²) in [4.78, 5) is 0. The van der Waals surface area contributed by atoms with Crippen molar-refractivity contribution in [1.82, 2.24) is 0 Å². The van der Waals surface area contributed by atoms with Crippen molar-refractivity contribution < 1.29 is 23.7 Å². The molecule has 0 bridgehead atoms. The molecule has 0 radical (unpaired) electrons. The summed E-state index contributed by atoms with van der Waals surface area (Å²) in [5, 5.41) is 0. The highest BCUT2D eigenvalue weighted by Crippen LogP contribution is 2.43. The third-order valence-electron chi connectivity index (χ3n) is 3.83. The summed E-state index contributed by atoms with van der Waals surface area (Å²) in [6.07, 6.45) is -0.759. The summed E-state index contributed by atoms with van der Waals surface area (Å²) in [5.74, 6) is 0. The topological polar surface area (TPSA) is 49.5 Å². The number of methoxy groups -OCH3 is 1. The van der Waals surface area contributed by atoms with E-state index in [9.17, 15) is 0 Å². The van der Waals surface area contributed by atoms with E-state index in [-0.39, 0.29) is 37.0 Å². The average Bonchev–Trinajstić information content (AvgIpc) is 3.27. The lowest BCUT2D eigenvalue weighted by Gasteiger charge is -2.39. The van der Waals surface area contributed by atoms with Crippen molar-refractivity contribution in [2.75, 3.05) is 13.7 Å². The minimum Gasteiger partial charge on any atom is -0.361 e. The van der Waals surface area contributed by atoms with Crippen LogP contribution in [-0.2, 0) is 23.7 Å². The van der Waals surface area contributed by atoms with Gasteiger partial charge in [0.1, 0.15) is 24.4 Å². The van der Waals surface area contributed by atoms with Crippen molar-refractivity contribution in [3.8, 4) is 0 Å². The molecule has 4 rings (SSSR count). The van der Waals surface area contributed by atoms with Crippen molar-refractivity contribution in [2.24, 2.45) is 0 Å². The van der Waals surface area contributed by atoms with E-state index >= 15 is 0 Å². The zero-order chi connectivity index (χ0) is 12.8. The third-order valence-corrected chi connectivity index (χ3v) is 3.83. The molecule has 0 aliphatic carbocycles.